The summed E-state index contributed by atoms with van der Waals surface area (Å²) in [5.74, 6) is 0. The van der Waals surface area contributed by atoms with E-state index in [1.807, 2.05) is 12.3 Å². The van der Waals surface area contributed by atoms with E-state index in [1.54, 1.807) is 0 Å². The third-order valence-electron chi connectivity index (χ3n) is 3.85. The molecule has 100 valence electrons. The standard InChI is InChI=1S/C19H14N2/c1-13-5-2-3-7-16(13)17-11-10-15-9-8-14-6-4-12-20-18(14)19(15)21-17/h2-12H,1H3. The Morgan fingerprint density at radius 2 is 1.48 bits per heavy atom. The molecule has 0 aliphatic rings. The van der Waals surface area contributed by atoms with Crippen LogP contribution >= 0.6 is 0 Å². The molecule has 0 atom stereocenters. The van der Waals surface area contributed by atoms with Crippen LogP contribution in [-0.4, -0.2) is 9.97 Å². The van der Waals surface area contributed by atoms with Crippen molar-refractivity contribution < 1.29 is 0 Å². The molecule has 0 saturated heterocycles. The van der Waals surface area contributed by atoms with E-state index in [9.17, 15) is 0 Å². The van der Waals surface area contributed by atoms with Gasteiger partial charge in [-0.2, -0.15) is 0 Å². The van der Waals surface area contributed by atoms with Gasteiger partial charge in [0.2, 0.25) is 0 Å². The molecular weight excluding hydrogens is 256 g/mol. The lowest BCUT2D eigenvalue weighted by atomic mass is 10.0. The molecule has 0 aliphatic heterocycles. The summed E-state index contributed by atoms with van der Waals surface area (Å²) in [4.78, 5) is 9.38. The molecule has 2 heterocycles. The van der Waals surface area contributed by atoms with Crippen molar-refractivity contribution in [3.05, 3.63) is 72.4 Å². The second-order valence-electron chi connectivity index (χ2n) is 5.22. The number of aromatic nitrogens is 2. The average Bonchev–Trinajstić information content (AvgIpc) is 2.55. The largest absolute Gasteiger partial charge is 0.254 e. The summed E-state index contributed by atoms with van der Waals surface area (Å²) in [6.45, 7) is 2.11. The van der Waals surface area contributed by atoms with E-state index >= 15 is 0 Å². The molecule has 0 amide bonds. The highest BCUT2D eigenvalue weighted by atomic mass is 14.7. The van der Waals surface area contributed by atoms with Crippen molar-refractivity contribution in [2.45, 2.75) is 6.92 Å². The normalized spacial score (nSPS) is 11.1. The number of aryl methyl sites for hydroxylation is 1. The Kier molecular flexibility index (Phi) is 2.68. The van der Waals surface area contributed by atoms with Gasteiger partial charge < -0.3 is 0 Å². The van der Waals surface area contributed by atoms with Crippen LogP contribution in [0, 0.1) is 6.92 Å². The van der Waals surface area contributed by atoms with Crippen LogP contribution < -0.4 is 0 Å². The van der Waals surface area contributed by atoms with Crippen LogP contribution in [0.3, 0.4) is 0 Å². The zero-order valence-electron chi connectivity index (χ0n) is 11.7. The lowest BCUT2D eigenvalue weighted by molar-refractivity contribution is 1.35. The Morgan fingerprint density at radius 1 is 0.714 bits per heavy atom. The highest BCUT2D eigenvalue weighted by molar-refractivity contribution is 6.03. The molecule has 21 heavy (non-hydrogen) atoms. The number of benzene rings is 2. The van der Waals surface area contributed by atoms with Gasteiger partial charge in [0, 0.05) is 22.5 Å². The number of pyridine rings is 2. The molecule has 4 rings (SSSR count). The first-order valence-corrected chi connectivity index (χ1v) is 7.03. The molecule has 0 saturated carbocycles. The van der Waals surface area contributed by atoms with Crippen molar-refractivity contribution in [3.63, 3.8) is 0 Å². The van der Waals surface area contributed by atoms with Crippen molar-refractivity contribution in [1.29, 1.82) is 0 Å². The van der Waals surface area contributed by atoms with E-state index < -0.39 is 0 Å². The Hall–Kier alpha value is -2.74. The molecule has 4 aromatic rings. The number of hydrogen-bond donors (Lipinski definition) is 0. The molecule has 2 nitrogen and oxygen atoms in total. The van der Waals surface area contributed by atoms with Crippen LogP contribution in [0.2, 0.25) is 0 Å². The Balaban J connectivity index is 2.05. The van der Waals surface area contributed by atoms with Gasteiger partial charge in [-0.25, -0.2) is 4.98 Å². The molecule has 0 aliphatic carbocycles. The van der Waals surface area contributed by atoms with E-state index in [4.69, 9.17) is 4.98 Å². The summed E-state index contributed by atoms with van der Waals surface area (Å²) in [6.07, 6.45) is 1.82. The molecular formula is C19H14N2. The van der Waals surface area contributed by atoms with E-state index in [2.05, 4.69) is 66.5 Å². The van der Waals surface area contributed by atoms with Gasteiger partial charge in [-0.05, 0) is 24.6 Å². The van der Waals surface area contributed by atoms with Crippen molar-refractivity contribution in [3.8, 4) is 11.3 Å². The summed E-state index contributed by atoms with van der Waals surface area (Å²) in [7, 11) is 0. The van der Waals surface area contributed by atoms with Crippen molar-refractivity contribution in [1.82, 2.24) is 9.97 Å². The molecule has 2 aromatic heterocycles. The predicted octanol–water partition coefficient (Wildman–Crippen LogP) is 4.76. The molecule has 0 bridgehead atoms. The lowest BCUT2D eigenvalue weighted by Crippen LogP contribution is -1.90. The minimum absolute atomic E-state index is 0.963. The summed E-state index contributed by atoms with van der Waals surface area (Å²) in [5, 5.41) is 2.25. The fourth-order valence-electron chi connectivity index (χ4n) is 2.73. The maximum atomic E-state index is 4.87. The second kappa shape index (κ2) is 4.67. The zero-order valence-corrected chi connectivity index (χ0v) is 11.7. The van der Waals surface area contributed by atoms with E-state index in [0.717, 1.165) is 27.5 Å². The average molecular weight is 270 g/mol. The minimum Gasteiger partial charge on any atom is -0.254 e. The Labute approximate surface area is 123 Å². The van der Waals surface area contributed by atoms with Gasteiger partial charge >= 0.3 is 0 Å². The van der Waals surface area contributed by atoms with E-state index in [1.165, 1.54) is 11.1 Å². The molecule has 0 N–H and O–H groups in total. The smallest absolute Gasteiger partial charge is 0.0972 e. The predicted molar refractivity (Wildman–Crippen MR) is 87.2 cm³/mol. The minimum atomic E-state index is 0.963. The number of hydrogen-bond acceptors (Lipinski definition) is 2. The van der Waals surface area contributed by atoms with Gasteiger partial charge in [0.25, 0.3) is 0 Å². The first-order chi connectivity index (χ1) is 10.3. The van der Waals surface area contributed by atoms with Gasteiger partial charge in [0.15, 0.2) is 0 Å². The number of rotatable bonds is 1. The quantitative estimate of drug-likeness (QED) is 0.466. The van der Waals surface area contributed by atoms with Crippen LogP contribution in [0.5, 0.6) is 0 Å². The van der Waals surface area contributed by atoms with Crippen LogP contribution in [0.4, 0.5) is 0 Å². The van der Waals surface area contributed by atoms with Gasteiger partial charge in [-0.1, -0.05) is 48.5 Å². The molecule has 2 aromatic carbocycles. The van der Waals surface area contributed by atoms with Gasteiger partial charge in [-0.15, -0.1) is 0 Å². The maximum Gasteiger partial charge on any atom is 0.0972 e. The van der Waals surface area contributed by atoms with Crippen LogP contribution in [-0.2, 0) is 0 Å². The third-order valence-corrected chi connectivity index (χ3v) is 3.85. The second-order valence-corrected chi connectivity index (χ2v) is 5.22. The molecule has 0 unspecified atom stereocenters. The monoisotopic (exact) mass is 270 g/mol. The number of nitrogens with zero attached hydrogens (tertiary/aromatic N) is 2. The van der Waals surface area contributed by atoms with E-state index in [0.29, 0.717) is 0 Å². The van der Waals surface area contributed by atoms with Crippen molar-refractivity contribution >= 4 is 21.8 Å². The van der Waals surface area contributed by atoms with Crippen LogP contribution in [0.1, 0.15) is 5.56 Å². The number of fused-ring (bicyclic) bond motifs is 3. The zero-order chi connectivity index (χ0) is 14.2. The van der Waals surface area contributed by atoms with Gasteiger partial charge in [0.1, 0.15) is 0 Å². The molecule has 0 spiro atoms. The summed E-state index contributed by atoms with van der Waals surface area (Å²) < 4.78 is 0. The molecule has 0 radical (unpaired) electrons. The fraction of sp³-hybridized carbons (Fsp3) is 0.0526. The van der Waals surface area contributed by atoms with Gasteiger partial charge in [0.05, 0.1) is 16.7 Å². The SMILES string of the molecule is Cc1ccccc1-c1ccc2ccc3cccnc3c2n1. The third kappa shape index (κ3) is 1.96. The highest BCUT2D eigenvalue weighted by Crippen LogP contribution is 2.27. The lowest BCUT2D eigenvalue weighted by Gasteiger charge is -2.07. The Bertz CT molecular complexity index is 958. The molecule has 0 fully saturated rings. The Morgan fingerprint density at radius 3 is 2.33 bits per heavy atom. The summed E-state index contributed by atoms with van der Waals surface area (Å²) in [5.41, 5.74) is 5.34. The fourth-order valence-corrected chi connectivity index (χ4v) is 2.73. The van der Waals surface area contributed by atoms with Gasteiger partial charge in [-0.3, -0.25) is 4.98 Å². The van der Waals surface area contributed by atoms with Crippen LogP contribution in [0.15, 0.2) is 66.9 Å². The maximum absolute atomic E-state index is 4.87. The van der Waals surface area contributed by atoms with Crippen LogP contribution in [0.25, 0.3) is 33.1 Å². The molecule has 2 heteroatoms. The topological polar surface area (TPSA) is 25.8 Å². The summed E-state index contributed by atoms with van der Waals surface area (Å²) >= 11 is 0. The summed E-state index contributed by atoms with van der Waals surface area (Å²) in [6, 6.07) is 20.8. The van der Waals surface area contributed by atoms with Crippen molar-refractivity contribution in [2.75, 3.05) is 0 Å². The van der Waals surface area contributed by atoms with E-state index in [-0.39, 0.29) is 0 Å². The first kappa shape index (κ1) is 12.0. The highest BCUT2D eigenvalue weighted by Gasteiger charge is 2.07. The first-order valence-electron chi connectivity index (χ1n) is 7.03. The van der Waals surface area contributed by atoms with Crippen molar-refractivity contribution in [2.24, 2.45) is 0 Å².